The van der Waals surface area contributed by atoms with Crippen LogP contribution in [0.4, 0.5) is 0 Å². The molecule has 4 heteroatoms. The Labute approximate surface area is 123 Å². The van der Waals surface area contributed by atoms with Crippen molar-refractivity contribution in [1.29, 1.82) is 0 Å². The number of carbonyl (C=O) groups excluding carboxylic acids is 2. The Morgan fingerprint density at radius 1 is 1.20 bits per heavy atom. The molecule has 2 amide bonds. The van der Waals surface area contributed by atoms with Gasteiger partial charge in [-0.3, -0.25) is 9.59 Å². The first-order chi connectivity index (χ1) is 9.06. The molecule has 1 fully saturated rings. The summed E-state index contributed by atoms with van der Waals surface area (Å²) in [4.78, 5) is 26.5. The number of nitrogens with one attached hydrogen (secondary N) is 1. The zero-order valence-electron chi connectivity index (χ0n) is 14.0. The van der Waals surface area contributed by atoms with Crippen LogP contribution in [0.2, 0.25) is 0 Å². The van der Waals surface area contributed by atoms with E-state index in [0.29, 0.717) is 24.8 Å². The van der Waals surface area contributed by atoms with E-state index in [0.717, 1.165) is 0 Å². The van der Waals surface area contributed by atoms with Crippen molar-refractivity contribution in [3.8, 4) is 0 Å². The summed E-state index contributed by atoms with van der Waals surface area (Å²) in [6, 6.07) is -0.731. The fourth-order valence-electron chi connectivity index (χ4n) is 2.35. The number of piperazine rings is 1. The van der Waals surface area contributed by atoms with E-state index in [4.69, 9.17) is 0 Å². The molecule has 0 aromatic rings. The van der Waals surface area contributed by atoms with Crippen LogP contribution in [0.1, 0.15) is 54.9 Å². The molecule has 20 heavy (non-hydrogen) atoms. The number of hydrogen-bond donors (Lipinski definition) is 1. The molecule has 1 aliphatic rings. The first kappa shape index (κ1) is 17.0. The number of carbonyl (C=O) groups is 2. The van der Waals surface area contributed by atoms with Crippen molar-refractivity contribution in [3.63, 3.8) is 0 Å². The number of amides is 2. The molecular formula is C16H30N2O2. The van der Waals surface area contributed by atoms with E-state index in [9.17, 15) is 9.59 Å². The molecule has 0 aromatic heterocycles. The zero-order chi connectivity index (χ0) is 15.7. The second-order valence-corrected chi connectivity index (χ2v) is 7.48. The minimum atomic E-state index is -0.371. The van der Waals surface area contributed by atoms with Gasteiger partial charge in [0.1, 0.15) is 12.1 Å². The largest absolute Gasteiger partial charge is 0.343 e. The van der Waals surface area contributed by atoms with Crippen molar-refractivity contribution in [2.24, 2.45) is 17.3 Å². The Bertz CT molecular complexity index is 375. The van der Waals surface area contributed by atoms with E-state index in [1.807, 2.05) is 6.92 Å². The van der Waals surface area contributed by atoms with Gasteiger partial charge in [0, 0.05) is 6.54 Å². The quantitative estimate of drug-likeness (QED) is 0.842. The lowest BCUT2D eigenvalue weighted by atomic mass is 9.80. The summed E-state index contributed by atoms with van der Waals surface area (Å²) in [5, 5.41) is 2.86. The normalized spacial score (nSPS) is 24.6. The molecule has 1 rings (SSSR count). The molecule has 0 radical (unpaired) electrons. The summed E-state index contributed by atoms with van der Waals surface area (Å²) >= 11 is 0. The number of hydrogen-bond acceptors (Lipinski definition) is 2. The monoisotopic (exact) mass is 282 g/mol. The first-order valence-corrected chi connectivity index (χ1v) is 7.67. The average molecular weight is 282 g/mol. The molecule has 1 N–H and O–H groups in total. The molecule has 0 spiro atoms. The fraction of sp³-hybridized carbons (Fsp3) is 0.875. The van der Waals surface area contributed by atoms with Gasteiger partial charge in [-0.05, 0) is 30.6 Å². The van der Waals surface area contributed by atoms with E-state index in [1.54, 1.807) is 4.90 Å². The molecule has 0 saturated carbocycles. The van der Waals surface area contributed by atoms with Crippen LogP contribution < -0.4 is 5.32 Å². The van der Waals surface area contributed by atoms with Crippen molar-refractivity contribution in [2.45, 2.75) is 67.0 Å². The lowest BCUT2D eigenvalue weighted by molar-refractivity contribution is -0.151. The average Bonchev–Trinajstić information content (AvgIpc) is 2.30. The maximum absolute atomic E-state index is 12.6. The van der Waals surface area contributed by atoms with Gasteiger partial charge in [0.25, 0.3) is 0 Å². The Kier molecular flexibility index (Phi) is 5.22. The summed E-state index contributed by atoms with van der Waals surface area (Å²) in [7, 11) is 0. The number of rotatable bonds is 5. The predicted octanol–water partition coefficient (Wildman–Crippen LogP) is 2.43. The van der Waals surface area contributed by atoms with Gasteiger partial charge >= 0.3 is 0 Å². The third kappa shape index (κ3) is 3.74. The number of nitrogens with zero attached hydrogens (tertiary/aromatic N) is 1. The minimum absolute atomic E-state index is 0.00389. The zero-order valence-corrected chi connectivity index (χ0v) is 14.0. The summed E-state index contributed by atoms with van der Waals surface area (Å²) in [5.41, 5.74) is 0.00389. The van der Waals surface area contributed by atoms with Gasteiger partial charge in [-0.25, -0.2) is 0 Å². The summed E-state index contributed by atoms with van der Waals surface area (Å²) < 4.78 is 0. The van der Waals surface area contributed by atoms with Crippen LogP contribution in [0.5, 0.6) is 0 Å². The topological polar surface area (TPSA) is 49.4 Å². The highest BCUT2D eigenvalue weighted by molar-refractivity contribution is 5.96. The highest BCUT2D eigenvalue weighted by Crippen LogP contribution is 2.29. The molecule has 1 heterocycles. The van der Waals surface area contributed by atoms with Crippen LogP contribution in [-0.4, -0.2) is 35.3 Å². The molecule has 0 aliphatic carbocycles. The predicted molar refractivity (Wildman–Crippen MR) is 81.2 cm³/mol. The van der Waals surface area contributed by atoms with Crippen molar-refractivity contribution in [3.05, 3.63) is 0 Å². The molecular weight excluding hydrogens is 252 g/mol. The Morgan fingerprint density at radius 3 is 2.20 bits per heavy atom. The highest BCUT2D eigenvalue weighted by Gasteiger charge is 2.40. The van der Waals surface area contributed by atoms with E-state index in [2.05, 4.69) is 46.9 Å². The second-order valence-electron chi connectivity index (χ2n) is 7.48. The van der Waals surface area contributed by atoms with Gasteiger partial charge in [0.2, 0.25) is 11.8 Å². The summed E-state index contributed by atoms with van der Waals surface area (Å²) in [5.74, 6) is 0.878. The lowest BCUT2D eigenvalue weighted by Crippen LogP contribution is -2.64. The third-order valence-corrected chi connectivity index (χ3v) is 4.59. The van der Waals surface area contributed by atoms with E-state index in [1.165, 1.54) is 0 Å². The maximum Gasteiger partial charge on any atom is 0.245 e. The van der Waals surface area contributed by atoms with Crippen LogP contribution in [0.15, 0.2) is 0 Å². The molecule has 4 nitrogen and oxygen atoms in total. The molecule has 0 bridgehead atoms. The molecule has 0 aromatic carbocycles. The van der Waals surface area contributed by atoms with Crippen LogP contribution in [0.3, 0.4) is 0 Å². The van der Waals surface area contributed by atoms with Gasteiger partial charge in [-0.15, -0.1) is 0 Å². The van der Waals surface area contributed by atoms with E-state index >= 15 is 0 Å². The Hall–Kier alpha value is -1.06. The van der Waals surface area contributed by atoms with Crippen molar-refractivity contribution in [2.75, 3.05) is 6.54 Å². The third-order valence-electron chi connectivity index (χ3n) is 4.59. The van der Waals surface area contributed by atoms with Crippen molar-refractivity contribution >= 4 is 11.8 Å². The first-order valence-electron chi connectivity index (χ1n) is 7.67. The van der Waals surface area contributed by atoms with Crippen molar-refractivity contribution in [1.82, 2.24) is 10.2 Å². The van der Waals surface area contributed by atoms with Gasteiger partial charge in [-0.2, -0.15) is 0 Å². The summed E-state index contributed by atoms with van der Waals surface area (Å²) in [6.07, 6.45) is 0.704. The Balaban J connectivity index is 2.91. The van der Waals surface area contributed by atoms with Gasteiger partial charge < -0.3 is 10.2 Å². The minimum Gasteiger partial charge on any atom is -0.343 e. The molecule has 2 atom stereocenters. The van der Waals surface area contributed by atoms with Gasteiger partial charge in [0.05, 0.1) is 0 Å². The smallest absolute Gasteiger partial charge is 0.245 e. The van der Waals surface area contributed by atoms with Crippen LogP contribution >= 0.6 is 0 Å². The van der Waals surface area contributed by atoms with Gasteiger partial charge in [0.15, 0.2) is 0 Å². The SMILES string of the molecule is CC(C)CC1NC(=O)C(C)N(CC(C)(C)C(C)C)C1=O. The van der Waals surface area contributed by atoms with E-state index < -0.39 is 0 Å². The van der Waals surface area contributed by atoms with Gasteiger partial charge in [-0.1, -0.05) is 41.5 Å². The van der Waals surface area contributed by atoms with Crippen molar-refractivity contribution < 1.29 is 9.59 Å². The molecule has 116 valence electrons. The highest BCUT2D eigenvalue weighted by atomic mass is 16.2. The molecule has 2 unspecified atom stereocenters. The summed E-state index contributed by atoms with van der Waals surface area (Å²) in [6.45, 7) is 15.2. The molecule has 1 saturated heterocycles. The van der Waals surface area contributed by atoms with Crippen LogP contribution in [0, 0.1) is 17.3 Å². The van der Waals surface area contributed by atoms with Crippen LogP contribution in [0.25, 0.3) is 0 Å². The second kappa shape index (κ2) is 6.15. The lowest BCUT2D eigenvalue weighted by Gasteiger charge is -2.43. The molecule has 1 aliphatic heterocycles. The van der Waals surface area contributed by atoms with Crippen LogP contribution in [-0.2, 0) is 9.59 Å². The Morgan fingerprint density at radius 2 is 1.75 bits per heavy atom. The fourth-order valence-corrected chi connectivity index (χ4v) is 2.35. The van der Waals surface area contributed by atoms with E-state index in [-0.39, 0.29) is 29.3 Å². The maximum atomic E-state index is 12.6. The standard InChI is InChI=1S/C16H30N2O2/c1-10(2)8-13-15(20)18(12(5)14(19)17-13)9-16(6,7)11(3)4/h10-13H,8-9H2,1-7H3,(H,17,19).